The minimum absolute atomic E-state index is 0.134. The molecule has 0 unspecified atom stereocenters. The molecule has 1 saturated heterocycles. The van der Waals surface area contributed by atoms with Gasteiger partial charge >= 0.3 is 0 Å². The van der Waals surface area contributed by atoms with Gasteiger partial charge in [0.1, 0.15) is 16.7 Å². The molecule has 7 N–H and O–H groups in total. The number of nitrogens with one attached hydrogen (secondary N) is 3. The van der Waals surface area contributed by atoms with Gasteiger partial charge in [0.25, 0.3) is 0 Å². The number of rotatable bonds is 6. The Morgan fingerprint density at radius 1 is 1.36 bits per heavy atom. The van der Waals surface area contributed by atoms with Gasteiger partial charge in [0.2, 0.25) is 0 Å². The Morgan fingerprint density at radius 2 is 2.08 bits per heavy atom. The lowest BCUT2D eigenvalue weighted by Crippen LogP contribution is -2.37. The number of pyridine rings is 1. The number of aliphatic imine (C=N–C) groups is 1. The molecule has 1 aromatic heterocycles. The van der Waals surface area contributed by atoms with E-state index in [0.29, 0.717) is 43.2 Å². The van der Waals surface area contributed by atoms with Crippen molar-refractivity contribution in [3.05, 3.63) is 29.5 Å². The third-order valence-corrected chi connectivity index (χ3v) is 4.00. The zero-order valence-electron chi connectivity index (χ0n) is 13.5. The average Bonchev–Trinajstić information content (AvgIpc) is 2.62. The summed E-state index contributed by atoms with van der Waals surface area (Å²) < 4.78 is 5.36. The molecule has 0 aromatic carbocycles. The van der Waals surface area contributed by atoms with Gasteiger partial charge in [0.05, 0.1) is 18.8 Å². The molecule has 2 heterocycles. The van der Waals surface area contributed by atoms with E-state index in [9.17, 15) is 0 Å². The molecule has 0 amide bonds. The number of hydrogen-bond donors (Lipinski definition) is 5. The fraction of sp³-hybridized carbons (Fsp3) is 0.267. The summed E-state index contributed by atoms with van der Waals surface area (Å²) >= 11 is 0.944. The third-order valence-electron chi connectivity index (χ3n) is 3.43. The fourth-order valence-electron chi connectivity index (χ4n) is 2.28. The van der Waals surface area contributed by atoms with Crippen LogP contribution < -0.4 is 16.4 Å². The smallest absolute Gasteiger partial charge is 0.166 e. The average molecular weight is 360 g/mol. The van der Waals surface area contributed by atoms with E-state index in [0.717, 1.165) is 23.5 Å². The van der Waals surface area contributed by atoms with E-state index in [1.165, 1.54) is 12.3 Å². The molecule has 1 aliphatic heterocycles. The van der Waals surface area contributed by atoms with E-state index >= 15 is 0 Å². The van der Waals surface area contributed by atoms with Gasteiger partial charge in [-0.05, 0) is 18.3 Å². The Balaban J connectivity index is 2.59. The third kappa shape index (κ3) is 4.64. The predicted molar refractivity (Wildman–Crippen MR) is 103 cm³/mol. The van der Waals surface area contributed by atoms with Crippen LogP contribution in [0.25, 0.3) is 0 Å². The van der Waals surface area contributed by atoms with Crippen molar-refractivity contribution in [1.29, 1.82) is 16.2 Å². The first-order valence-corrected chi connectivity index (χ1v) is 8.33. The molecule has 0 spiro atoms. The van der Waals surface area contributed by atoms with Crippen molar-refractivity contribution in [2.24, 2.45) is 16.5 Å². The van der Waals surface area contributed by atoms with Crippen LogP contribution in [0.3, 0.4) is 0 Å². The lowest BCUT2D eigenvalue weighted by Gasteiger charge is -2.28. The van der Waals surface area contributed by atoms with E-state index < -0.39 is 0 Å². The molecular formula is C15H20N8OS. The van der Waals surface area contributed by atoms with Gasteiger partial charge in [-0.1, -0.05) is 11.8 Å². The van der Waals surface area contributed by atoms with Gasteiger partial charge in [-0.3, -0.25) is 5.41 Å². The topological polar surface area (TPSA) is 161 Å². The van der Waals surface area contributed by atoms with E-state index in [2.05, 4.69) is 9.98 Å². The van der Waals surface area contributed by atoms with Crippen molar-refractivity contribution in [2.75, 3.05) is 31.2 Å². The van der Waals surface area contributed by atoms with Crippen LogP contribution in [0, 0.1) is 16.2 Å². The highest BCUT2D eigenvalue weighted by Gasteiger charge is 2.19. The van der Waals surface area contributed by atoms with Crippen LogP contribution >= 0.6 is 11.8 Å². The van der Waals surface area contributed by atoms with Crippen LogP contribution in [-0.2, 0) is 4.74 Å². The summed E-state index contributed by atoms with van der Waals surface area (Å²) in [5, 5.41) is 23.2. The number of amidine groups is 1. The number of thioether (sulfide) groups is 1. The first kappa shape index (κ1) is 18.6. The Bertz CT molecular complexity index is 724. The molecule has 10 heteroatoms. The van der Waals surface area contributed by atoms with Gasteiger partial charge in [-0.15, -0.1) is 0 Å². The first-order chi connectivity index (χ1) is 12.1. The van der Waals surface area contributed by atoms with Crippen LogP contribution in [-0.4, -0.2) is 53.9 Å². The summed E-state index contributed by atoms with van der Waals surface area (Å²) in [6.45, 7) is 2.52. The number of ether oxygens (including phenoxy) is 1. The fourth-order valence-corrected chi connectivity index (χ4v) is 2.69. The highest BCUT2D eigenvalue weighted by molar-refractivity contribution is 8.25. The largest absolute Gasteiger partial charge is 0.404 e. The maximum atomic E-state index is 8.17. The van der Waals surface area contributed by atoms with E-state index in [1.54, 1.807) is 6.07 Å². The Labute approximate surface area is 149 Å². The number of nitrogens with zero attached hydrogens (tertiary/aromatic N) is 3. The van der Waals surface area contributed by atoms with Crippen molar-refractivity contribution in [3.8, 4) is 0 Å². The molecule has 0 radical (unpaired) electrons. The zero-order chi connectivity index (χ0) is 18.2. The number of anilines is 1. The molecule has 0 bridgehead atoms. The SMILES string of the molecule is N=CSC(=N)c1cc(N2CCOCC2)nc(/N=C(N)\C=C/N)c1C=N. The molecule has 1 aliphatic rings. The molecule has 0 atom stereocenters. The Hall–Kier alpha value is -2.72. The Kier molecular flexibility index (Phi) is 6.66. The highest BCUT2D eigenvalue weighted by Crippen LogP contribution is 2.28. The lowest BCUT2D eigenvalue weighted by atomic mass is 10.1. The summed E-state index contributed by atoms with van der Waals surface area (Å²) in [6, 6.07) is 1.73. The van der Waals surface area contributed by atoms with Crippen LogP contribution in [0.4, 0.5) is 11.6 Å². The molecular weight excluding hydrogens is 340 g/mol. The molecule has 1 fully saturated rings. The molecule has 0 aliphatic carbocycles. The lowest BCUT2D eigenvalue weighted by molar-refractivity contribution is 0.122. The van der Waals surface area contributed by atoms with Gasteiger partial charge in [0, 0.05) is 30.4 Å². The van der Waals surface area contributed by atoms with E-state index in [4.69, 9.17) is 32.4 Å². The van der Waals surface area contributed by atoms with Crippen molar-refractivity contribution in [1.82, 2.24) is 4.98 Å². The number of nitrogens with two attached hydrogens (primary N) is 2. The Morgan fingerprint density at radius 3 is 2.68 bits per heavy atom. The second kappa shape index (κ2) is 8.94. The van der Waals surface area contributed by atoms with Crippen molar-refractivity contribution >= 4 is 46.0 Å². The highest BCUT2D eigenvalue weighted by atomic mass is 32.2. The molecule has 1 aromatic rings. The molecule has 2 rings (SSSR count). The number of aromatic nitrogens is 1. The first-order valence-electron chi connectivity index (χ1n) is 7.46. The normalized spacial score (nSPS) is 15.4. The molecule has 25 heavy (non-hydrogen) atoms. The number of morpholine rings is 1. The molecule has 0 saturated carbocycles. The van der Waals surface area contributed by atoms with Crippen LogP contribution in [0.15, 0.2) is 23.3 Å². The second-order valence-electron chi connectivity index (χ2n) is 4.97. The maximum Gasteiger partial charge on any atom is 0.166 e. The van der Waals surface area contributed by atoms with Crippen molar-refractivity contribution in [2.45, 2.75) is 0 Å². The molecule has 132 valence electrons. The quantitative estimate of drug-likeness (QED) is 0.376. The summed E-state index contributed by atoms with van der Waals surface area (Å²) in [7, 11) is 0. The predicted octanol–water partition coefficient (Wildman–Crippen LogP) is 1.04. The summed E-state index contributed by atoms with van der Waals surface area (Å²) in [6.07, 6.45) is 3.78. The summed E-state index contributed by atoms with van der Waals surface area (Å²) in [5.41, 5.74) is 13.0. The van der Waals surface area contributed by atoms with E-state index in [1.807, 2.05) is 4.90 Å². The van der Waals surface area contributed by atoms with Gasteiger partial charge in [-0.25, -0.2) is 9.98 Å². The van der Waals surface area contributed by atoms with Gasteiger partial charge < -0.3 is 31.9 Å². The van der Waals surface area contributed by atoms with Crippen LogP contribution in [0.1, 0.15) is 11.1 Å². The second-order valence-corrected chi connectivity index (χ2v) is 5.85. The monoisotopic (exact) mass is 360 g/mol. The number of hydrogen-bond acceptors (Lipinski definition) is 9. The molecule has 9 nitrogen and oxygen atoms in total. The zero-order valence-corrected chi connectivity index (χ0v) is 14.3. The summed E-state index contributed by atoms with van der Waals surface area (Å²) in [5.74, 6) is 1.01. The standard InChI is InChI=1S/C15H20N8OS/c16-2-1-12(19)21-15-11(8-17)10(14(20)25-9-18)7-13(22-15)23-3-5-24-6-4-23/h1-2,7-9,17-18,20H,3-6,16H2,(H2,19,21,22)/b2-1-,17-8?,18-9?,20-14?. The van der Waals surface area contributed by atoms with Gasteiger partial charge in [0.15, 0.2) is 5.82 Å². The maximum absolute atomic E-state index is 8.17. The minimum Gasteiger partial charge on any atom is -0.404 e. The van der Waals surface area contributed by atoms with Crippen LogP contribution in [0.2, 0.25) is 0 Å². The summed E-state index contributed by atoms with van der Waals surface area (Å²) in [4.78, 5) is 10.8. The van der Waals surface area contributed by atoms with Crippen LogP contribution in [0.5, 0.6) is 0 Å². The van der Waals surface area contributed by atoms with Crippen molar-refractivity contribution in [3.63, 3.8) is 0 Å². The van der Waals surface area contributed by atoms with E-state index in [-0.39, 0.29) is 16.7 Å². The van der Waals surface area contributed by atoms with Gasteiger partial charge in [-0.2, -0.15) is 0 Å². The minimum atomic E-state index is 0.134. The van der Waals surface area contributed by atoms with Crippen molar-refractivity contribution < 1.29 is 4.74 Å².